The summed E-state index contributed by atoms with van der Waals surface area (Å²) < 4.78 is 2.91. The third-order valence-electron chi connectivity index (χ3n) is 7.00. The number of hydrogen-bond donors (Lipinski definition) is 1. The number of amides is 1. The summed E-state index contributed by atoms with van der Waals surface area (Å²) in [6.07, 6.45) is 7.62. The molecule has 0 unspecified atom stereocenters. The van der Waals surface area contributed by atoms with Crippen molar-refractivity contribution in [2.24, 2.45) is 0 Å². The van der Waals surface area contributed by atoms with Crippen molar-refractivity contribution >= 4 is 34.5 Å². The number of carbonyl (C=O) groups excluding carboxylic acids is 1. The molecule has 11 nitrogen and oxygen atoms in total. The van der Waals surface area contributed by atoms with E-state index >= 15 is 0 Å². The van der Waals surface area contributed by atoms with E-state index in [0.717, 1.165) is 25.0 Å². The van der Waals surface area contributed by atoms with Crippen LogP contribution in [0.15, 0.2) is 70.6 Å². The van der Waals surface area contributed by atoms with E-state index in [2.05, 4.69) is 24.9 Å². The van der Waals surface area contributed by atoms with Gasteiger partial charge in [0, 0.05) is 55.4 Å². The standard InChI is InChI=1S/C29H27ClN8O3/c1-2-14-37-26-24(28(40)38(29(37)41)21-8-9-21)34-25(35-26)18-7-11-23(33-16-18)36(15-12-20-5-3-4-13-31-20)27(39)19-6-10-22(30)32-17-19/h3-7,10-11,13,16-17,21H,2,8-9,12,14-15H2,1H3,(H,34,35). The first-order valence-corrected chi connectivity index (χ1v) is 13.9. The van der Waals surface area contributed by atoms with Crippen LogP contribution in [0.5, 0.6) is 0 Å². The van der Waals surface area contributed by atoms with Gasteiger partial charge in [0.2, 0.25) is 0 Å². The summed E-state index contributed by atoms with van der Waals surface area (Å²) in [5, 5.41) is 0.295. The average Bonchev–Trinajstić information content (AvgIpc) is 3.73. The minimum Gasteiger partial charge on any atom is -0.332 e. The third kappa shape index (κ3) is 5.28. The maximum absolute atomic E-state index is 13.5. The Hall–Kier alpha value is -4.64. The highest BCUT2D eigenvalue weighted by Crippen LogP contribution is 2.32. The molecule has 12 heteroatoms. The lowest BCUT2D eigenvalue weighted by Gasteiger charge is -2.22. The van der Waals surface area contributed by atoms with Crippen molar-refractivity contribution in [3.8, 4) is 11.4 Å². The summed E-state index contributed by atoms with van der Waals surface area (Å²) >= 11 is 5.93. The Balaban J connectivity index is 1.35. The Morgan fingerprint density at radius 3 is 2.59 bits per heavy atom. The average molecular weight is 571 g/mol. The van der Waals surface area contributed by atoms with Crippen molar-refractivity contribution in [2.75, 3.05) is 11.4 Å². The Morgan fingerprint density at radius 1 is 1.07 bits per heavy atom. The maximum atomic E-state index is 13.5. The monoisotopic (exact) mass is 570 g/mol. The number of carbonyl (C=O) groups is 1. The van der Waals surface area contributed by atoms with E-state index < -0.39 is 0 Å². The smallest absolute Gasteiger partial charge is 0.332 e. The summed E-state index contributed by atoms with van der Waals surface area (Å²) in [4.78, 5) is 62.1. The molecule has 5 heterocycles. The first-order valence-electron chi connectivity index (χ1n) is 13.5. The number of aryl methyl sites for hydroxylation is 1. The molecule has 0 radical (unpaired) electrons. The number of H-pyrrole nitrogens is 1. The van der Waals surface area contributed by atoms with Gasteiger partial charge in [0.1, 0.15) is 22.3 Å². The van der Waals surface area contributed by atoms with Gasteiger partial charge in [-0.25, -0.2) is 19.7 Å². The van der Waals surface area contributed by atoms with Gasteiger partial charge >= 0.3 is 5.69 Å². The number of aromatic amines is 1. The quantitative estimate of drug-likeness (QED) is 0.265. The first-order chi connectivity index (χ1) is 19.9. The fourth-order valence-electron chi connectivity index (χ4n) is 4.79. The molecular weight excluding hydrogens is 544 g/mol. The van der Waals surface area contributed by atoms with E-state index in [9.17, 15) is 14.4 Å². The van der Waals surface area contributed by atoms with Gasteiger partial charge in [0.05, 0.1) is 5.56 Å². The number of hydrogen-bond acceptors (Lipinski definition) is 7. The predicted molar refractivity (Wildman–Crippen MR) is 155 cm³/mol. The minimum absolute atomic E-state index is 0.0550. The molecule has 0 aromatic carbocycles. The molecule has 0 atom stereocenters. The van der Waals surface area contributed by atoms with Crippen LogP contribution in [0.25, 0.3) is 22.6 Å². The summed E-state index contributed by atoms with van der Waals surface area (Å²) in [5.41, 5.74) is 1.78. The highest BCUT2D eigenvalue weighted by atomic mass is 35.5. The van der Waals surface area contributed by atoms with Crippen LogP contribution >= 0.6 is 11.6 Å². The molecule has 0 spiro atoms. The maximum Gasteiger partial charge on any atom is 0.333 e. The highest BCUT2D eigenvalue weighted by Gasteiger charge is 2.30. The van der Waals surface area contributed by atoms with Crippen LogP contribution in [0.3, 0.4) is 0 Å². The van der Waals surface area contributed by atoms with E-state index in [0.29, 0.717) is 58.6 Å². The molecule has 41 heavy (non-hydrogen) atoms. The number of fused-ring (bicyclic) bond motifs is 1. The van der Waals surface area contributed by atoms with Crippen LogP contribution < -0.4 is 16.1 Å². The van der Waals surface area contributed by atoms with Gasteiger partial charge in [-0.3, -0.25) is 28.6 Å². The number of nitrogens with zero attached hydrogens (tertiary/aromatic N) is 7. The van der Waals surface area contributed by atoms with Crippen molar-refractivity contribution in [3.05, 3.63) is 98.3 Å². The molecule has 0 bridgehead atoms. The fraction of sp³-hybridized carbons (Fsp3) is 0.276. The lowest BCUT2D eigenvalue weighted by Crippen LogP contribution is -2.39. The second-order valence-electron chi connectivity index (χ2n) is 9.93. The molecular formula is C29H27ClN8O3. The molecule has 0 saturated heterocycles. The molecule has 1 aliphatic carbocycles. The van der Waals surface area contributed by atoms with Crippen LogP contribution in [-0.4, -0.2) is 46.5 Å². The fourth-order valence-corrected chi connectivity index (χ4v) is 4.90. The van der Waals surface area contributed by atoms with Crippen LogP contribution in [0.2, 0.25) is 5.15 Å². The van der Waals surface area contributed by atoms with E-state index in [1.165, 1.54) is 10.8 Å². The largest absolute Gasteiger partial charge is 0.333 e. The van der Waals surface area contributed by atoms with Gasteiger partial charge in [-0.05, 0) is 55.7 Å². The van der Waals surface area contributed by atoms with Crippen LogP contribution in [0, 0.1) is 0 Å². The molecule has 1 aliphatic rings. The van der Waals surface area contributed by atoms with E-state index in [1.807, 2.05) is 25.1 Å². The topological polar surface area (TPSA) is 132 Å². The van der Waals surface area contributed by atoms with Crippen molar-refractivity contribution in [2.45, 2.75) is 45.2 Å². The normalized spacial score (nSPS) is 13.0. The Morgan fingerprint density at radius 2 is 1.93 bits per heavy atom. The highest BCUT2D eigenvalue weighted by molar-refractivity contribution is 6.29. The summed E-state index contributed by atoms with van der Waals surface area (Å²) in [7, 11) is 0. The van der Waals surface area contributed by atoms with E-state index in [1.54, 1.807) is 46.1 Å². The number of imidazole rings is 1. The third-order valence-corrected chi connectivity index (χ3v) is 7.23. The van der Waals surface area contributed by atoms with E-state index in [4.69, 9.17) is 11.6 Å². The summed E-state index contributed by atoms with van der Waals surface area (Å²) in [6, 6.07) is 12.3. The number of pyridine rings is 3. The van der Waals surface area contributed by atoms with Crippen molar-refractivity contribution in [1.82, 2.24) is 34.1 Å². The zero-order chi connectivity index (χ0) is 28.5. The van der Waals surface area contributed by atoms with Gasteiger partial charge in [0.15, 0.2) is 5.65 Å². The SMILES string of the molecule is CCCn1c(=O)n(C2CC2)c(=O)c2[nH]c(-c3ccc(N(CCc4ccccn4)C(=O)c4ccc(Cl)nc4)nc3)nc21. The molecule has 0 aliphatic heterocycles. The number of aromatic nitrogens is 7. The van der Waals surface area contributed by atoms with E-state index in [-0.39, 0.29) is 23.2 Å². The zero-order valence-corrected chi connectivity index (χ0v) is 23.1. The van der Waals surface area contributed by atoms with Crippen molar-refractivity contribution < 1.29 is 4.79 Å². The Labute approximate surface area is 239 Å². The van der Waals surface area contributed by atoms with Gasteiger partial charge in [0.25, 0.3) is 11.5 Å². The minimum atomic E-state index is -0.356. The summed E-state index contributed by atoms with van der Waals surface area (Å²) in [5.74, 6) is 0.570. The molecule has 1 amide bonds. The number of halogens is 1. The number of anilines is 1. The number of nitrogens with one attached hydrogen (secondary N) is 1. The molecule has 1 N–H and O–H groups in total. The summed E-state index contributed by atoms with van der Waals surface area (Å²) in [6.45, 7) is 2.76. The predicted octanol–water partition coefficient (Wildman–Crippen LogP) is 4.03. The Bertz CT molecular complexity index is 1830. The molecule has 1 fully saturated rings. The second kappa shape index (κ2) is 11.1. The Kier molecular flexibility index (Phi) is 7.19. The van der Waals surface area contributed by atoms with Gasteiger partial charge < -0.3 is 4.98 Å². The van der Waals surface area contributed by atoms with Gasteiger partial charge in [-0.2, -0.15) is 0 Å². The molecule has 5 aromatic rings. The molecule has 6 rings (SSSR count). The van der Waals surface area contributed by atoms with Crippen molar-refractivity contribution in [1.29, 1.82) is 0 Å². The lowest BCUT2D eigenvalue weighted by molar-refractivity contribution is 0.0986. The molecule has 5 aromatic heterocycles. The van der Waals surface area contributed by atoms with Crippen LogP contribution in [0.4, 0.5) is 5.82 Å². The van der Waals surface area contributed by atoms with Gasteiger partial charge in [-0.15, -0.1) is 0 Å². The lowest BCUT2D eigenvalue weighted by atomic mass is 10.2. The molecule has 1 saturated carbocycles. The first kappa shape index (κ1) is 26.6. The van der Waals surface area contributed by atoms with Crippen molar-refractivity contribution in [3.63, 3.8) is 0 Å². The molecule has 208 valence electrons. The number of rotatable bonds is 9. The van der Waals surface area contributed by atoms with Gasteiger partial charge in [-0.1, -0.05) is 24.6 Å². The van der Waals surface area contributed by atoms with Crippen LogP contribution in [0.1, 0.15) is 48.3 Å². The van der Waals surface area contributed by atoms with Crippen LogP contribution in [-0.2, 0) is 13.0 Å². The second-order valence-corrected chi connectivity index (χ2v) is 10.3. The zero-order valence-electron chi connectivity index (χ0n) is 22.3.